The molecule has 2 aromatic carbocycles. The third-order valence-corrected chi connectivity index (χ3v) is 4.34. The van der Waals surface area contributed by atoms with E-state index in [1.54, 1.807) is 0 Å². The van der Waals surface area contributed by atoms with Gasteiger partial charge >= 0.3 is 0 Å². The predicted octanol–water partition coefficient (Wildman–Crippen LogP) is 4.53. The molecule has 0 amide bonds. The normalized spacial score (nSPS) is 12.5. The number of hydrogen-bond donors (Lipinski definition) is 1. The summed E-state index contributed by atoms with van der Waals surface area (Å²) in [7, 11) is 2.03. The molecule has 0 fully saturated rings. The van der Waals surface area contributed by atoms with Gasteiger partial charge in [0.2, 0.25) is 0 Å². The number of benzene rings is 2. The molecule has 1 unspecified atom stereocenters. The lowest BCUT2D eigenvalue weighted by atomic mass is 9.92. The minimum absolute atomic E-state index is 0.258. The van der Waals surface area contributed by atoms with Crippen molar-refractivity contribution in [3.05, 3.63) is 67.8 Å². The van der Waals surface area contributed by atoms with Crippen LogP contribution in [0.4, 0.5) is 0 Å². The molecule has 100 valence electrons. The maximum absolute atomic E-state index is 3.45. The predicted molar refractivity (Wildman–Crippen MR) is 90.7 cm³/mol. The van der Waals surface area contributed by atoms with E-state index in [0.29, 0.717) is 0 Å². The van der Waals surface area contributed by atoms with Crippen LogP contribution in [0.1, 0.15) is 33.9 Å². The first kappa shape index (κ1) is 14.5. The van der Waals surface area contributed by atoms with E-state index >= 15 is 0 Å². The maximum Gasteiger partial charge on any atom is 0.0577 e. The third-order valence-electron chi connectivity index (χ3n) is 3.66. The summed E-state index contributed by atoms with van der Waals surface area (Å²) in [5.74, 6) is 0. The van der Waals surface area contributed by atoms with Crippen LogP contribution < -0.4 is 5.32 Å². The molecule has 1 nitrogen and oxygen atoms in total. The summed E-state index contributed by atoms with van der Waals surface area (Å²) >= 11 is 2.37. The zero-order valence-corrected chi connectivity index (χ0v) is 14.1. The molecule has 1 atom stereocenters. The second-order valence-electron chi connectivity index (χ2n) is 5.07. The molecule has 2 heteroatoms. The lowest BCUT2D eigenvalue weighted by Gasteiger charge is -2.21. The second-order valence-corrected chi connectivity index (χ2v) is 6.32. The smallest absolute Gasteiger partial charge is 0.0577 e. The molecule has 0 aliphatic heterocycles. The van der Waals surface area contributed by atoms with Crippen LogP contribution in [0.5, 0.6) is 0 Å². The Bertz CT molecular complexity index is 590. The van der Waals surface area contributed by atoms with Gasteiger partial charge in [-0.2, -0.15) is 0 Å². The Balaban J connectivity index is 2.51. The Kier molecular flexibility index (Phi) is 4.63. The summed E-state index contributed by atoms with van der Waals surface area (Å²) in [5, 5.41) is 3.45. The van der Waals surface area contributed by atoms with Gasteiger partial charge in [-0.25, -0.2) is 0 Å². The summed E-state index contributed by atoms with van der Waals surface area (Å²) in [5.41, 5.74) is 6.75. The van der Waals surface area contributed by atoms with E-state index in [0.717, 1.165) is 0 Å². The van der Waals surface area contributed by atoms with Crippen LogP contribution >= 0.6 is 22.6 Å². The van der Waals surface area contributed by atoms with E-state index in [1.807, 2.05) is 7.05 Å². The summed E-state index contributed by atoms with van der Waals surface area (Å²) in [6.45, 7) is 6.55. The maximum atomic E-state index is 3.45. The molecule has 0 spiro atoms. The van der Waals surface area contributed by atoms with Crippen LogP contribution in [0.2, 0.25) is 0 Å². The van der Waals surface area contributed by atoms with E-state index in [2.05, 4.69) is 85.1 Å². The van der Waals surface area contributed by atoms with Gasteiger partial charge < -0.3 is 5.32 Å². The molecular formula is C17H20IN. The molecule has 0 aliphatic carbocycles. The fourth-order valence-electron chi connectivity index (χ4n) is 2.48. The number of aryl methyl sites for hydroxylation is 3. The van der Waals surface area contributed by atoms with Gasteiger partial charge in [-0.05, 0) is 90.4 Å². The van der Waals surface area contributed by atoms with Gasteiger partial charge in [0.1, 0.15) is 0 Å². The summed E-state index contributed by atoms with van der Waals surface area (Å²) < 4.78 is 1.27. The first-order chi connectivity index (χ1) is 9.02. The first-order valence-corrected chi connectivity index (χ1v) is 7.61. The Hall–Kier alpha value is -0.870. The van der Waals surface area contributed by atoms with Gasteiger partial charge in [-0.1, -0.05) is 24.3 Å². The van der Waals surface area contributed by atoms with Crippen molar-refractivity contribution in [2.45, 2.75) is 26.8 Å². The molecule has 0 saturated carbocycles. The van der Waals surface area contributed by atoms with Crippen molar-refractivity contribution in [2.75, 3.05) is 7.05 Å². The Morgan fingerprint density at radius 1 is 0.947 bits per heavy atom. The summed E-state index contributed by atoms with van der Waals surface area (Å²) in [4.78, 5) is 0. The topological polar surface area (TPSA) is 12.0 Å². The van der Waals surface area contributed by atoms with Gasteiger partial charge in [0.05, 0.1) is 6.04 Å². The molecule has 0 radical (unpaired) electrons. The molecule has 0 aliphatic rings. The van der Waals surface area contributed by atoms with Crippen LogP contribution in [0.3, 0.4) is 0 Å². The SMILES string of the molecule is CNC(c1cccc(I)c1)c1cc(C)c(C)cc1C. The van der Waals surface area contributed by atoms with Crippen LogP contribution in [-0.4, -0.2) is 7.05 Å². The van der Waals surface area contributed by atoms with Gasteiger partial charge in [-0.3, -0.25) is 0 Å². The molecule has 0 aromatic heterocycles. The molecule has 0 bridgehead atoms. The van der Waals surface area contributed by atoms with Gasteiger partial charge in [0.25, 0.3) is 0 Å². The average molecular weight is 365 g/mol. The fraction of sp³-hybridized carbons (Fsp3) is 0.294. The zero-order chi connectivity index (χ0) is 14.0. The van der Waals surface area contributed by atoms with Crippen molar-refractivity contribution in [3.8, 4) is 0 Å². The number of rotatable bonds is 3. The van der Waals surface area contributed by atoms with Crippen LogP contribution in [0.25, 0.3) is 0 Å². The van der Waals surface area contributed by atoms with Crippen molar-refractivity contribution >= 4 is 22.6 Å². The fourth-order valence-corrected chi connectivity index (χ4v) is 3.05. The lowest BCUT2D eigenvalue weighted by Crippen LogP contribution is -2.19. The Labute approximate surface area is 129 Å². The second kappa shape index (κ2) is 6.06. The molecular weight excluding hydrogens is 345 g/mol. The number of halogens is 1. The van der Waals surface area contributed by atoms with Crippen LogP contribution in [-0.2, 0) is 0 Å². The van der Waals surface area contributed by atoms with Crippen LogP contribution in [0.15, 0.2) is 36.4 Å². The highest BCUT2D eigenvalue weighted by atomic mass is 127. The quantitative estimate of drug-likeness (QED) is 0.789. The van der Waals surface area contributed by atoms with E-state index < -0.39 is 0 Å². The minimum Gasteiger partial charge on any atom is -0.309 e. The summed E-state index contributed by atoms with van der Waals surface area (Å²) in [6, 6.07) is 13.5. The van der Waals surface area contributed by atoms with Crippen molar-refractivity contribution in [1.29, 1.82) is 0 Å². The van der Waals surface area contributed by atoms with Crippen LogP contribution in [0, 0.1) is 24.3 Å². The minimum atomic E-state index is 0.258. The van der Waals surface area contributed by atoms with Gasteiger partial charge in [0.15, 0.2) is 0 Å². The number of nitrogens with one attached hydrogen (secondary N) is 1. The van der Waals surface area contributed by atoms with Crippen molar-refractivity contribution in [3.63, 3.8) is 0 Å². The largest absolute Gasteiger partial charge is 0.309 e. The molecule has 19 heavy (non-hydrogen) atoms. The zero-order valence-electron chi connectivity index (χ0n) is 11.9. The molecule has 2 aromatic rings. The summed E-state index contributed by atoms with van der Waals surface area (Å²) in [6.07, 6.45) is 0. The van der Waals surface area contributed by atoms with Crippen molar-refractivity contribution in [1.82, 2.24) is 5.32 Å². The standard InChI is InChI=1S/C17H20IN/c1-11-8-13(3)16(9-12(11)2)17(19-4)14-6-5-7-15(18)10-14/h5-10,17,19H,1-4H3. The highest BCUT2D eigenvalue weighted by Gasteiger charge is 2.15. The molecule has 2 rings (SSSR count). The van der Waals surface area contributed by atoms with Crippen molar-refractivity contribution < 1.29 is 0 Å². The van der Waals surface area contributed by atoms with E-state index in [-0.39, 0.29) is 6.04 Å². The van der Waals surface area contributed by atoms with Gasteiger partial charge in [0, 0.05) is 3.57 Å². The molecule has 0 heterocycles. The average Bonchev–Trinajstić information content (AvgIpc) is 2.36. The highest BCUT2D eigenvalue weighted by Crippen LogP contribution is 2.27. The lowest BCUT2D eigenvalue weighted by molar-refractivity contribution is 0.686. The Morgan fingerprint density at radius 2 is 1.63 bits per heavy atom. The number of hydrogen-bond acceptors (Lipinski definition) is 1. The Morgan fingerprint density at radius 3 is 2.26 bits per heavy atom. The third kappa shape index (κ3) is 3.18. The molecule has 0 saturated heterocycles. The van der Waals surface area contributed by atoms with Gasteiger partial charge in [-0.15, -0.1) is 0 Å². The van der Waals surface area contributed by atoms with E-state index in [1.165, 1.54) is 31.4 Å². The first-order valence-electron chi connectivity index (χ1n) is 6.53. The van der Waals surface area contributed by atoms with E-state index in [4.69, 9.17) is 0 Å². The highest BCUT2D eigenvalue weighted by molar-refractivity contribution is 14.1. The molecule has 1 N–H and O–H groups in total. The van der Waals surface area contributed by atoms with Crippen molar-refractivity contribution in [2.24, 2.45) is 0 Å². The van der Waals surface area contributed by atoms with E-state index in [9.17, 15) is 0 Å². The monoisotopic (exact) mass is 365 g/mol.